The number of carbonyl (C=O) groups excluding carboxylic acids is 1. The average Bonchev–Trinajstić information content (AvgIpc) is 3.32. The number of hydrazone groups is 1. The quantitative estimate of drug-likeness (QED) is 0.654. The first-order chi connectivity index (χ1) is 12.2. The van der Waals surface area contributed by atoms with E-state index in [-0.39, 0.29) is 30.2 Å². The first kappa shape index (κ1) is 18.2. The van der Waals surface area contributed by atoms with Gasteiger partial charge in [-0.3, -0.25) is 9.78 Å². The Morgan fingerprint density at radius 1 is 1.15 bits per heavy atom. The zero-order chi connectivity index (χ0) is 17.2. The molecule has 1 amide bonds. The van der Waals surface area contributed by atoms with Crippen LogP contribution in [0.15, 0.2) is 71.4 Å². The highest BCUT2D eigenvalue weighted by atomic mass is 35.5. The topological polar surface area (TPSA) is 45.6 Å². The minimum absolute atomic E-state index is 0. The van der Waals surface area contributed by atoms with E-state index in [9.17, 15) is 9.18 Å². The number of pyridine rings is 1. The molecular weight excluding hydrogens is 373 g/mol. The lowest BCUT2D eigenvalue weighted by Gasteiger charge is -2.22. The van der Waals surface area contributed by atoms with Crippen molar-refractivity contribution in [2.75, 3.05) is 0 Å². The second-order valence-corrected chi connectivity index (χ2v) is 6.63. The summed E-state index contributed by atoms with van der Waals surface area (Å²) in [6, 6.07) is 13.4. The Bertz CT molecular complexity index is 914. The van der Waals surface area contributed by atoms with Gasteiger partial charge in [0.2, 0.25) is 0 Å². The van der Waals surface area contributed by atoms with Crippen molar-refractivity contribution in [1.29, 1.82) is 0 Å². The van der Waals surface area contributed by atoms with Gasteiger partial charge in [0.1, 0.15) is 5.82 Å². The van der Waals surface area contributed by atoms with Crippen molar-refractivity contribution in [3.63, 3.8) is 0 Å². The number of benzene rings is 1. The van der Waals surface area contributed by atoms with E-state index in [1.807, 2.05) is 17.5 Å². The summed E-state index contributed by atoms with van der Waals surface area (Å²) in [4.78, 5) is 18.0. The van der Waals surface area contributed by atoms with Crippen LogP contribution in [0.25, 0.3) is 0 Å². The van der Waals surface area contributed by atoms with Crippen LogP contribution in [0.1, 0.15) is 33.3 Å². The maximum Gasteiger partial charge on any atom is 0.276 e. The molecule has 3 aromatic rings. The van der Waals surface area contributed by atoms with E-state index in [2.05, 4.69) is 10.1 Å². The van der Waals surface area contributed by atoms with Crippen LogP contribution in [0.2, 0.25) is 0 Å². The summed E-state index contributed by atoms with van der Waals surface area (Å²) in [6.45, 7) is 0. The van der Waals surface area contributed by atoms with Crippen molar-refractivity contribution < 1.29 is 9.18 Å². The Morgan fingerprint density at radius 3 is 2.62 bits per heavy atom. The van der Waals surface area contributed by atoms with Crippen molar-refractivity contribution in [2.45, 2.75) is 12.5 Å². The molecule has 0 N–H and O–H groups in total. The number of nitrogens with zero attached hydrogens (tertiary/aromatic N) is 3. The molecule has 4 nitrogen and oxygen atoms in total. The fraction of sp³-hybridized carbons (Fsp3) is 0.105. The number of hydrogen-bond donors (Lipinski definition) is 0. The third-order valence-corrected chi connectivity index (χ3v) is 5.01. The second kappa shape index (κ2) is 7.76. The zero-order valence-corrected chi connectivity index (χ0v) is 15.2. The van der Waals surface area contributed by atoms with Gasteiger partial charge in [-0.05, 0) is 41.3 Å². The minimum atomic E-state index is -0.300. The van der Waals surface area contributed by atoms with Crippen LogP contribution in [0, 0.1) is 5.82 Å². The molecule has 0 saturated heterocycles. The third kappa shape index (κ3) is 3.52. The molecule has 1 aliphatic rings. The Balaban J connectivity index is 0.00000196. The van der Waals surface area contributed by atoms with Crippen LogP contribution in [0.5, 0.6) is 0 Å². The van der Waals surface area contributed by atoms with Gasteiger partial charge in [0.05, 0.1) is 22.2 Å². The van der Waals surface area contributed by atoms with Crippen molar-refractivity contribution >= 4 is 35.4 Å². The zero-order valence-electron chi connectivity index (χ0n) is 13.6. The molecule has 2 aromatic heterocycles. The summed E-state index contributed by atoms with van der Waals surface area (Å²) >= 11 is 1.59. The van der Waals surface area contributed by atoms with Gasteiger partial charge in [-0.2, -0.15) is 5.10 Å². The Hall–Kier alpha value is -2.57. The van der Waals surface area contributed by atoms with Crippen LogP contribution in [0.3, 0.4) is 0 Å². The van der Waals surface area contributed by atoms with E-state index in [0.717, 1.165) is 16.2 Å². The summed E-state index contributed by atoms with van der Waals surface area (Å²) in [7, 11) is 0. The molecule has 0 fully saturated rings. The number of halogens is 2. The molecule has 0 saturated carbocycles. The largest absolute Gasteiger partial charge is 0.276 e. The Kier molecular flexibility index (Phi) is 5.44. The number of thiophene rings is 1. The smallest absolute Gasteiger partial charge is 0.267 e. The van der Waals surface area contributed by atoms with Crippen LogP contribution >= 0.6 is 23.7 Å². The van der Waals surface area contributed by atoms with Crippen molar-refractivity contribution in [2.24, 2.45) is 5.10 Å². The monoisotopic (exact) mass is 387 g/mol. The van der Waals surface area contributed by atoms with Gasteiger partial charge in [-0.1, -0.05) is 18.2 Å². The number of amides is 1. The molecule has 0 bridgehead atoms. The van der Waals surface area contributed by atoms with Crippen LogP contribution in [-0.2, 0) is 0 Å². The van der Waals surface area contributed by atoms with E-state index < -0.39 is 0 Å². The fourth-order valence-corrected chi connectivity index (χ4v) is 3.58. The number of carbonyl (C=O) groups is 1. The number of hydrogen-bond acceptors (Lipinski definition) is 4. The summed E-state index contributed by atoms with van der Waals surface area (Å²) in [5.41, 5.74) is 2.20. The normalized spacial score (nSPS) is 16.1. The highest BCUT2D eigenvalue weighted by molar-refractivity contribution is 7.12. The highest BCUT2D eigenvalue weighted by Crippen LogP contribution is 2.34. The predicted molar refractivity (Wildman–Crippen MR) is 102 cm³/mol. The molecule has 0 radical (unpaired) electrons. The lowest BCUT2D eigenvalue weighted by atomic mass is 10.0. The maximum absolute atomic E-state index is 13.3. The fourth-order valence-electron chi connectivity index (χ4n) is 2.86. The summed E-state index contributed by atoms with van der Waals surface area (Å²) in [6.07, 6.45) is 3.75. The Labute approximate surface area is 160 Å². The number of aromatic nitrogens is 1. The molecule has 1 atom stereocenters. The Morgan fingerprint density at radius 2 is 1.96 bits per heavy atom. The first-order valence-corrected chi connectivity index (χ1v) is 8.71. The lowest BCUT2D eigenvalue weighted by Crippen LogP contribution is -2.27. The van der Waals surface area contributed by atoms with Crippen LogP contribution in [-0.4, -0.2) is 21.6 Å². The van der Waals surface area contributed by atoms with Crippen molar-refractivity contribution in [1.82, 2.24) is 9.99 Å². The van der Waals surface area contributed by atoms with Crippen molar-refractivity contribution in [3.8, 4) is 0 Å². The van der Waals surface area contributed by atoms with E-state index in [4.69, 9.17) is 0 Å². The highest BCUT2D eigenvalue weighted by Gasteiger charge is 2.34. The second-order valence-electron chi connectivity index (χ2n) is 5.69. The predicted octanol–water partition coefficient (Wildman–Crippen LogP) is 4.70. The van der Waals surface area contributed by atoms with E-state index in [0.29, 0.717) is 12.0 Å². The number of rotatable bonds is 3. The van der Waals surface area contributed by atoms with Gasteiger partial charge in [0.25, 0.3) is 5.91 Å². The molecule has 26 heavy (non-hydrogen) atoms. The first-order valence-electron chi connectivity index (χ1n) is 7.83. The van der Waals surface area contributed by atoms with Gasteiger partial charge in [-0.25, -0.2) is 9.40 Å². The van der Waals surface area contributed by atoms with Gasteiger partial charge in [0, 0.05) is 18.8 Å². The van der Waals surface area contributed by atoms with Crippen molar-refractivity contribution in [3.05, 3.63) is 88.1 Å². The standard InChI is InChI=1S/C19H14FN3OS.ClH/c20-15-7-5-13(6-8-15)17-11-16(18-4-2-10-25-18)22-23(17)19(24)14-3-1-9-21-12-14;/h1-10,12,17H,11H2;1H. The SMILES string of the molecule is Cl.O=C(c1cccnc1)N1N=C(c2cccs2)CC1c1ccc(F)cc1. The molecule has 7 heteroatoms. The van der Waals surface area contributed by atoms with E-state index in [1.165, 1.54) is 23.3 Å². The molecule has 1 unspecified atom stereocenters. The van der Waals surface area contributed by atoms with E-state index in [1.54, 1.807) is 41.8 Å². The molecular formula is C19H15ClFN3OS. The third-order valence-electron chi connectivity index (χ3n) is 4.09. The summed E-state index contributed by atoms with van der Waals surface area (Å²) < 4.78 is 13.3. The molecule has 0 spiro atoms. The molecule has 0 aliphatic carbocycles. The molecule has 1 aliphatic heterocycles. The lowest BCUT2D eigenvalue weighted by molar-refractivity contribution is 0.0710. The molecule has 1 aromatic carbocycles. The van der Waals surface area contributed by atoms with Gasteiger partial charge in [0.15, 0.2) is 0 Å². The average molecular weight is 388 g/mol. The van der Waals surface area contributed by atoms with Gasteiger partial charge >= 0.3 is 0 Å². The molecule has 3 heterocycles. The molecule has 4 rings (SSSR count). The van der Waals surface area contributed by atoms with Crippen LogP contribution in [0.4, 0.5) is 4.39 Å². The summed E-state index contributed by atoms with van der Waals surface area (Å²) in [5, 5.41) is 8.04. The van der Waals surface area contributed by atoms with Crippen LogP contribution < -0.4 is 0 Å². The van der Waals surface area contributed by atoms with Gasteiger partial charge < -0.3 is 0 Å². The maximum atomic E-state index is 13.3. The van der Waals surface area contributed by atoms with E-state index >= 15 is 0 Å². The summed E-state index contributed by atoms with van der Waals surface area (Å²) in [5.74, 6) is -0.514. The minimum Gasteiger partial charge on any atom is -0.267 e. The molecule has 132 valence electrons. The van der Waals surface area contributed by atoms with Gasteiger partial charge in [-0.15, -0.1) is 23.7 Å².